The van der Waals surface area contributed by atoms with E-state index in [4.69, 9.17) is 11.6 Å². The van der Waals surface area contributed by atoms with Gasteiger partial charge in [-0.2, -0.15) is 0 Å². The van der Waals surface area contributed by atoms with Crippen molar-refractivity contribution in [2.75, 3.05) is 18.4 Å². The molecule has 0 atom stereocenters. The van der Waals surface area contributed by atoms with Gasteiger partial charge in [-0.25, -0.2) is 9.18 Å². The number of nitrogens with zero attached hydrogens (tertiary/aromatic N) is 2. The van der Waals surface area contributed by atoms with Gasteiger partial charge >= 0.3 is 6.03 Å². The Morgan fingerprint density at radius 1 is 1.05 bits per heavy atom. The van der Waals surface area contributed by atoms with E-state index >= 15 is 0 Å². The quantitative estimate of drug-likeness (QED) is 0.248. The van der Waals surface area contributed by atoms with E-state index in [1.807, 2.05) is 69.4 Å². The fourth-order valence-electron chi connectivity index (χ4n) is 4.30. The molecule has 0 spiro atoms. The van der Waals surface area contributed by atoms with Crippen molar-refractivity contribution in [2.24, 2.45) is 0 Å². The van der Waals surface area contributed by atoms with Crippen molar-refractivity contribution in [2.45, 2.75) is 39.8 Å². The Labute approximate surface area is 227 Å². The Balaban J connectivity index is 1.51. The molecule has 1 aromatic heterocycles. The van der Waals surface area contributed by atoms with Crippen LogP contribution in [0.15, 0.2) is 72.9 Å². The molecule has 0 unspecified atom stereocenters. The number of hydrogen-bond donors (Lipinski definition) is 2. The number of halogens is 2. The Morgan fingerprint density at radius 3 is 2.50 bits per heavy atom. The molecular weight excluding hydrogens is 503 g/mol. The van der Waals surface area contributed by atoms with Crippen LogP contribution in [0, 0.1) is 12.7 Å². The smallest absolute Gasteiger partial charge is 0.322 e. The summed E-state index contributed by atoms with van der Waals surface area (Å²) in [6, 6.07) is 19.5. The number of anilines is 1. The van der Waals surface area contributed by atoms with Gasteiger partial charge in [0.25, 0.3) is 0 Å². The van der Waals surface area contributed by atoms with Gasteiger partial charge in [0.15, 0.2) is 0 Å². The molecule has 8 heteroatoms. The number of carbonyl (C=O) groups excluding carboxylic acids is 2. The third-order valence-corrected chi connectivity index (χ3v) is 6.82. The average Bonchev–Trinajstić information content (AvgIpc) is 3.31. The van der Waals surface area contributed by atoms with Crippen LogP contribution in [0.3, 0.4) is 0 Å². The minimum absolute atomic E-state index is 0.0865. The molecule has 38 heavy (non-hydrogen) atoms. The first-order valence-corrected chi connectivity index (χ1v) is 13.0. The second-order valence-corrected chi connectivity index (χ2v) is 10.1. The Bertz CT molecular complexity index is 1420. The molecule has 4 rings (SSSR count). The first-order chi connectivity index (χ1) is 18.2. The lowest BCUT2D eigenvalue weighted by Crippen LogP contribution is -2.47. The number of H-pyrrole nitrogens is 1. The molecule has 3 amide bonds. The van der Waals surface area contributed by atoms with Crippen LogP contribution in [-0.2, 0) is 17.8 Å². The first-order valence-electron chi connectivity index (χ1n) is 12.6. The van der Waals surface area contributed by atoms with Crippen molar-refractivity contribution in [3.05, 3.63) is 100 Å². The number of benzene rings is 3. The summed E-state index contributed by atoms with van der Waals surface area (Å²) in [6.45, 7) is 6.55. The number of nitrogens with one attached hydrogen (secondary N) is 2. The van der Waals surface area contributed by atoms with Gasteiger partial charge in [-0.15, -0.1) is 0 Å². The topological polar surface area (TPSA) is 68.4 Å². The van der Waals surface area contributed by atoms with Gasteiger partial charge in [-0.3, -0.25) is 4.79 Å². The number of amides is 3. The molecule has 1 heterocycles. The summed E-state index contributed by atoms with van der Waals surface area (Å²) in [4.78, 5) is 33.3. The van der Waals surface area contributed by atoms with Crippen molar-refractivity contribution < 1.29 is 14.0 Å². The fraction of sp³-hybridized carbons (Fsp3) is 0.267. The molecule has 0 aliphatic heterocycles. The number of aromatic amines is 1. The molecule has 0 aliphatic carbocycles. The molecule has 0 saturated carbocycles. The zero-order chi connectivity index (χ0) is 27.2. The summed E-state index contributed by atoms with van der Waals surface area (Å²) in [6.07, 6.45) is 2.66. The molecule has 2 N–H and O–H groups in total. The zero-order valence-corrected chi connectivity index (χ0v) is 22.6. The highest BCUT2D eigenvalue weighted by molar-refractivity contribution is 6.31. The van der Waals surface area contributed by atoms with E-state index in [0.29, 0.717) is 25.2 Å². The molecule has 0 saturated heterocycles. The van der Waals surface area contributed by atoms with Crippen LogP contribution in [0.25, 0.3) is 10.9 Å². The molecule has 0 fully saturated rings. The highest BCUT2D eigenvalue weighted by Gasteiger charge is 2.24. The molecule has 0 bridgehead atoms. The van der Waals surface area contributed by atoms with E-state index in [1.165, 1.54) is 23.1 Å². The van der Waals surface area contributed by atoms with Gasteiger partial charge in [0.05, 0.1) is 5.02 Å². The summed E-state index contributed by atoms with van der Waals surface area (Å²) in [5.41, 5.74) is 4.71. The normalized spacial score (nSPS) is 11.1. The van der Waals surface area contributed by atoms with Crippen LogP contribution in [0.2, 0.25) is 5.02 Å². The van der Waals surface area contributed by atoms with E-state index in [2.05, 4.69) is 16.4 Å². The number of hydrogen-bond acceptors (Lipinski definition) is 2. The zero-order valence-electron chi connectivity index (χ0n) is 21.8. The summed E-state index contributed by atoms with van der Waals surface area (Å²) < 4.78 is 13.5. The van der Waals surface area contributed by atoms with Crippen LogP contribution in [-0.4, -0.2) is 45.9 Å². The van der Waals surface area contributed by atoms with Gasteiger partial charge in [0.1, 0.15) is 12.4 Å². The minimum atomic E-state index is -0.567. The van der Waals surface area contributed by atoms with E-state index in [0.717, 1.165) is 27.6 Å². The van der Waals surface area contributed by atoms with Crippen LogP contribution < -0.4 is 5.32 Å². The molecular formula is C30H32ClFN4O2. The van der Waals surface area contributed by atoms with Gasteiger partial charge < -0.3 is 20.1 Å². The maximum atomic E-state index is 13.6. The molecule has 4 aromatic rings. The number of rotatable bonds is 9. The van der Waals surface area contributed by atoms with Crippen LogP contribution in [0.5, 0.6) is 0 Å². The van der Waals surface area contributed by atoms with Gasteiger partial charge in [-0.1, -0.05) is 59.6 Å². The maximum absolute atomic E-state index is 13.6. The Morgan fingerprint density at radius 2 is 1.79 bits per heavy atom. The highest BCUT2D eigenvalue weighted by atomic mass is 35.5. The number of aryl methyl sites for hydroxylation is 1. The molecule has 0 radical (unpaired) electrons. The Kier molecular flexibility index (Phi) is 8.69. The largest absolute Gasteiger partial charge is 0.361 e. The minimum Gasteiger partial charge on any atom is -0.361 e. The predicted octanol–water partition coefficient (Wildman–Crippen LogP) is 6.78. The van der Waals surface area contributed by atoms with Crippen molar-refractivity contribution in [1.29, 1.82) is 0 Å². The molecule has 3 aromatic carbocycles. The van der Waals surface area contributed by atoms with Crippen LogP contribution >= 0.6 is 11.6 Å². The molecule has 6 nitrogen and oxygen atoms in total. The SMILES string of the molecule is Cc1ccc(CN(CCc2c[nH]c3ccccc23)C(=O)CN(C(=O)Nc2ccc(F)c(Cl)c2)C(C)C)cc1. The van der Waals surface area contributed by atoms with Crippen molar-refractivity contribution in [1.82, 2.24) is 14.8 Å². The lowest BCUT2D eigenvalue weighted by molar-refractivity contribution is -0.132. The second-order valence-electron chi connectivity index (χ2n) is 9.69. The second kappa shape index (κ2) is 12.1. The van der Waals surface area contributed by atoms with Gasteiger partial charge in [0.2, 0.25) is 5.91 Å². The third kappa shape index (κ3) is 6.72. The summed E-state index contributed by atoms with van der Waals surface area (Å²) in [5.74, 6) is -0.728. The standard InChI is InChI=1S/C30H32ClFN4O2/c1-20(2)36(30(38)34-24-12-13-27(32)26(31)16-24)19-29(37)35(18-22-10-8-21(3)9-11-22)15-14-23-17-33-28-7-5-4-6-25(23)28/h4-13,16-17,20,33H,14-15,18-19H2,1-3H3,(H,34,38). The third-order valence-electron chi connectivity index (χ3n) is 6.53. The van der Waals surface area contributed by atoms with Crippen LogP contribution in [0.1, 0.15) is 30.5 Å². The van der Waals surface area contributed by atoms with E-state index < -0.39 is 11.8 Å². The number of aromatic nitrogens is 1. The van der Waals surface area contributed by atoms with E-state index in [-0.39, 0.29) is 23.5 Å². The lowest BCUT2D eigenvalue weighted by Gasteiger charge is -2.30. The number of urea groups is 1. The van der Waals surface area contributed by atoms with Gasteiger partial charge in [0, 0.05) is 41.9 Å². The lowest BCUT2D eigenvalue weighted by atomic mass is 10.1. The summed E-state index contributed by atoms with van der Waals surface area (Å²) in [5, 5.41) is 3.78. The monoisotopic (exact) mass is 534 g/mol. The number of carbonyl (C=O) groups is 2. The molecule has 198 valence electrons. The van der Waals surface area contributed by atoms with Crippen molar-refractivity contribution in [3.63, 3.8) is 0 Å². The van der Waals surface area contributed by atoms with Crippen molar-refractivity contribution >= 4 is 40.1 Å². The average molecular weight is 535 g/mol. The number of fused-ring (bicyclic) bond motifs is 1. The van der Waals surface area contributed by atoms with Crippen molar-refractivity contribution in [3.8, 4) is 0 Å². The number of para-hydroxylation sites is 1. The van der Waals surface area contributed by atoms with E-state index in [1.54, 1.807) is 4.90 Å². The van der Waals surface area contributed by atoms with E-state index in [9.17, 15) is 14.0 Å². The predicted molar refractivity (Wildman–Crippen MR) is 151 cm³/mol. The molecule has 0 aliphatic rings. The first kappa shape index (κ1) is 27.2. The maximum Gasteiger partial charge on any atom is 0.322 e. The van der Waals surface area contributed by atoms with Crippen LogP contribution in [0.4, 0.5) is 14.9 Å². The highest BCUT2D eigenvalue weighted by Crippen LogP contribution is 2.21. The Hall–Kier alpha value is -3.84. The summed E-state index contributed by atoms with van der Waals surface area (Å²) in [7, 11) is 0. The van der Waals surface area contributed by atoms with Gasteiger partial charge in [-0.05, 0) is 62.6 Å². The summed E-state index contributed by atoms with van der Waals surface area (Å²) >= 11 is 5.86. The fourth-order valence-corrected chi connectivity index (χ4v) is 4.48.